The van der Waals surface area contributed by atoms with E-state index in [4.69, 9.17) is 11.6 Å². The maximum atomic E-state index is 13.3. The van der Waals surface area contributed by atoms with Crippen LogP contribution in [0.1, 0.15) is 27.7 Å². The SMILES string of the molecule is CCc1ccsc1C(=O)Cc1ccc(Cl)c(F)c1. The van der Waals surface area contributed by atoms with E-state index in [1.807, 2.05) is 18.4 Å². The van der Waals surface area contributed by atoms with Gasteiger partial charge in [-0.1, -0.05) is 24.6 Å². The van der Waals surface area contributed by atoms with Crippen molar-refractivity contribution in [2.45, 2.75) is 19.8 Å². The molecule has 0 radical (unpaired) electrons. The molecule has 0 fully saturated rings. The molecule has 18 heavy (non-hydrogen) atoms. The number of carbonyl (C=O) groups excluding carboxylic acids is 1. The summed E-state index contributed by atoms with van der Waals surface area (Å²) in [5, 5.41) is 1.99. The van der Waals surface area contributed by atoms with Gasteiger partial charge in [0, 0.05) is 6.42 Å². The van der Waals surface area contributed by atoms with Crippen molar-refractivity contribution >= 4 is 28.7 Å². The zero-order valence-electron chi connectivity index (χ0n) is 9.87. The number of hydrogen-bond acceptors (Lipinski definition) is 2. The van der Waals surface area contributed by atoms with Crippen LogP contribution in [0.5, 0.6) is 0 Å². The van der Waals surface area contributed by atoms with Crippen LogP contribution in [0.25, 0.3) is 0 Å². The molecule has 1 nitrogen and oxygen atoms in total. The highest BCUT2D eigenvalue weighted by atomic mass is 35.5. The molecule has 0 spiro atoms. The second-order valence-corrected chi connectivity index (χ2v) is 5.30. The van der Waals surface area contributed by atoms with Crippen molar-refractivity contribution < 1.29 is 9.18 Å². The van der Waals surface area contributed by atoms with Crippen molar-refractivity contribution in [3.8, 4) is 0 Å². The number of thiophene rings is 1. The van der Waals surface area contributed by atoms with Crippen LogP contribution >= 0.6 is 22.9 Å². The third-order valence-corrected chi connectivity index (χ3v) is 4.03. The van der Waals surface area contributed by atoms with Gasteiger partial charge in [-0.25, -0.2) is 4.39 Å². The van der Waals surface area contributed by atoms with Crippen LogP contribution in [0.15, 0.2) is 29.6 Å². The minimum absolute atomic E-state index is 0.0311. The summed E-state index contributed by atoms with van der Waals surface area (Å²) < 4.78 is 13.3. The van der Waals surface area contributed by atoms with Gasteiger partial charge in [0.1, 0.15) is 5.82 Å². The Bertz CT molecular complexity index is 577. The summed E-state index contributed by atoms with van der Waals surface area (Å²) in [6, 6.07) is 6.44. The lowest BCUT2D eigenvalue weighted by molar-refractivity contribution is 0.0996. The third kappa shape index (κ3) is 2.79. The Morgan fingerprint density at radius 2 is 2.17 bits per heavy atom. The predicted octanol–water partition coefficient (Wildman–Crippen LogP) is 4.53. The summed E-state index contributed by atoms with van der Waals surface area (Å²) in [6.45, 7) is 2.01. The first-order valence-electron chi connectivity index (χ1n) is 5.65. The maximum Gasteiger partial charge on any atom is 0.177 e. The molecule has 0 saturated carbocycles. The summed E-state index contributed by atoms with van der Waals surface area (Å²) in [5.41, 5.74) is 1.71. The first-order valence-corrected chi connectivity index (χ1v) is 6.91. The smallest absolute Gasteiger partial charge is 0.177 e. The Hall–Kier alpha value is -1.19. The van der Waals surface area contributed by atoms with E-state index in [1.54, 1.807) is 6.07 Å². The van der Waals surface area contributed by atoms with E-state index < -0.39 is 5.82 Å². The number of Topliss-reactive ketones (excluding diaryl/α,β-unsaturated/α-hetero) is 1. The lowest BCUT2D eigenvalue weighted by Gasteiger charge is -2.03. The fourth-order valence-corrected chi connectivity index (χ4v) is 2.83. The van der Waals surface area contributed by atoms with Gasteiger partial charge in [0.05, 0.1) is 9.90 Å². The molecule has 0 aliphatic carbocycles. The van der Waals surface area contributed by atoms with Crippen LogP contribution in [0.2, 0.25) is 5.02 Å². The average Bonchev–Trinajstić information content (AvgIpc) is 2.82. The average molecular weight is 283 g/mol. The van der Waals surface area contributed by atoms with Crippen molar-refractivity contribution in [1.29, 1.82) is 0 Å². The maximum absolute atomic E-state index is 13.3. The normalized spacial score (nSPS) is 10.6. The molecule has 4 heteroatoms. The van der Waals surface area contributed by atoms with Crippen LogP contribution in [-0.2, 0) is 12.8 Å². The molecule has 2 aromatic rings. The summed E-state index contributed by atoms with van der Waals surface area (Å²) in [4.78, 5) is 12.9. The van der Waals surface area contributed by atoms with E-state index in [2.05, 4.69) is 0 Å². The minimum Gasteiger partial charge on any atom is -0.293 e. The Balaban J connectivity index is 2.19. The number of halogens is 2. The summed E-state index contributed by atoms with van der Waals surface area (Å²) in [7, 11) is 0. The quantitative estimate of drug-likeness (QED) is 0.753. The van der Waals surface area contributed by atoms with Gasteiger partial charge in [0.2, 0.25) is 0 Å². The van der Waals surface area contributed by atoms with Crippen molar-refractivity contribution in [1.82, 2.24) is 0 Å². The molecule has 0 aliphatic rings. The molecule has 0 atom stereocenters. The molecule has 1 aromatic heterocycles. The van der Waals surface area contributed by atoms with Crippen LogP contribution in [0, 0.1) is 5.82 Å². The van der Waals surface area contributed by atoms with E-state index in [0.717, 1.165) is 16.9 Å². The molecule has 0 saturated heterocycles. The number of carbonyl (C=O) groups is 1. The van der Waals surface area contributed by atoms with Gasteiger partial charge in [-0.15, -0.1) is 11.3 Å². The van der Waals surface area contributed by atoms with Gasteiger partial charge < -0.3 is 0 Å². The van der Waals surface area contributed by atoms with Crippen molar-refractivity contribution in [3.05, 3.63) is 56.5 Å². The summed E-state index contributed by atoms with van der Waals surface area (Å²) in [6.07, 6.45) is 1.04. The molecule has 94 valence electrons. The van der Waals surface area contributed by atoms with Gasteiger partial charge in [0.15, 0.2) is 5.78 Å². The number of hydrogen-bond donors (Lipinski definition) is 0. The highest BCUT2D eigenvalue weighted by molar-refractivity contribution is 7.12. The van der Waals surface area contributed by atoms with E-state index in [1.165, 1.54) is 23.5 Å². The molecule has 2 rings (SSSR count). The highest BCUT2D eigenvalue weighted by Crippen LogP contribution is 2.21. The zero-order chi connectivity index (χ0) is 13.1. The molecule has 0 bridgehead atoms. The molecule has 0 N–H and O–H groups in total. The summed E-state index contributed by atoms with van der Waals surface area (Å²) >= 11 is 7.05. The monoisotopic (exact) mass is 282 g/mol. The van der Waals surface area contributed by atoms with E-state index in [-0.39, 0.29) is 17.2 Å². The fourth-order valence-electron chi connectivity index (χ4n) is 1.77. The number of ketones is 1. The number of rotatable bonds is 4. The topological polar surface area (TPSA) is 17.1 Å². The highest BCUT2D eigenvalue weighted by Gasteiger charge is 2.13. The first kappa shape index (κ1) is 13.2. The Morgan fingerprint density at radius 1 is 1.39 bits per heavy atom. The van der Waals surface area contributed by atoms with Crippen LogP contribution in [0.4, 0.5) is 4.39 Å². The number of aryl methyl sites for hydroxylation is 1. The molecule has 0 unspecified atom stereocenters. The molecule has 1 aromatic carbocycles. The molecular weight excluding hydrogens is 271 g/mol. The van der Waals surface area contributed by atoms with Gasteiger partial charge in [-0.2, -0.15) is 0 Å². The van der Waals surface area contributed by atoms with Gasteiger partial charge in [0.25, 0.3) is 0 Å². The van der Waals surface area contributed by atoms with Crippen molar-refractivity contribution in [2.24, 2.45) is 0 Å². The second kappa shape index (κ2) is 5.63. The fraction of sp³-hybridized carbons (Fsp3) is 0.214. The molecule has 0 aliphatic heterocycles. The lowest BCUT2D eigenvalue weighted by Crippen LogP contribution is -2.04. The first-order chi connectivity index (χ1) is 8.61. The predicted molar refractivity (Wildman–Crippen MR) is 73.1 cm³/mol. The molecule has 1 heterocycles. The Labute approximate surface area is 114 Å². The van der Waals surface area contributed by atoms with Crippen LogP contribution < -0.4 is 0 Å². The second-order valence-electron chi connectivity index (χ2n) is 3.98. The number of benzene rings is 1. The van der Waals surface area contributed by atoms with E-state index in [0.29, 0.717) is 5.56 Å². The van der Waals surface area contributed by atoms with Crippen LogP contribution in [-0.4, -0.2) is 5.78 Å². The van der Waals surface area contributed by atoms with Crippen molar-refractivity contribution in [2.75, 3.05) is 0 Å². The zero-order valence-corrected chi connectivity index (χ0v) is 11.4. The Morgan fingerprint density at radius 3 is 2.83 bits per heavy atom. The van der Waals surface area contributed by atoms with E-state index >= 15 is 0 Å². The largest absolute Gasteiger partial charge is 0.293 e. The van der Waals surface area contributed by atoms with Crippen molar-refractivity contribution in [3.63, 3.8) is 0 Å². The lowest BCUT2D eigenvalue weighted by atomic mass is 10.1. The van der Waals surface area contributed by atoms with Gasteiger partial charge in [-0.05, 0) is 41.1 Å². The third-order valence-electron chi connectivity index (χ3n) is 2.73. The minimum atomic E-state index is -0.483. The standard InChI is InChI=1S/C14H12ClFOS/c1-2-10-5-6-18-14(10)13(17)8-9-3-4-11(15)12(16)7-9/h3-7H,2,8H2,1H3. The Kier molecular flexibility index (Phi) is 4.15. The summed E-state index contributed by atoms with van der Waals surface area (Å²) in [5.74, 6) is -0.451. The van der Waals surface area contributed by atoms with E-state index in [9.17, 15) is 9.18 Å². The van der Waals surface area contributed by atoms with Gasteiger partial charge in [-0.3, -0.25) is 4.79 Å². The molecular formula is C14H12ClFOS. The molecule has 0 amide bonds. The van der Waals surface area contributed by atoms with Gasteiger partial charge >= 0.3 is 0 Å². The van der Waals surface area contributed by atoms with Crippen LogP contribution in [0.3, 0.4) is 0 Å².